The molecule has 0 saturated heterocycles. The molecule has 4 nitrogen and oxygen atoms in total. The third kappa shape index (κ3) is 2.38. The smallest absolute Gasteiger partial charge is 0.155 e. The molecular weight excluding hydrogens is 260 g/mol. The van der Waals surface area contributed by atoms with Crippen LogP contribution in [0.3, 0.4) is 0 Å². The lowest BCUT2D eigenvalue weighted by molar-refractivity contribution is 0.898. The monoisotopic (exact) mass is 280 g/mol. The lowest BCUT2D eigenvalue weighted by Crippen LogP contribution is -2.15. The number of imidazole rings is 1. The van der Waals surface area contributed by atoms with E-state index in [0.29, 0.717) is 6.54 Å². The van der Waals surface area contributed by atoms with Gasteiger partial charge >= 0.3 is 0 Å². The Morgan fingerprint density at radius 1 is 1.14 bits per heavy atom. The SMILES string of the molecule is Cc1ccccc1N(C)c1nc2ccccn2c1CCN. The predicted molar refractivity (Wildman–Crippen MR) is 87.2 cm³/mol. The van der Waals surface area contributed by atoms with Gasteiger partial charge in [0.15, 0.2) is 5.82 Å². The van der Waals surface area contributed by atoms with Gasteiger partial charge in [-0.05, 0) is 37.2 Å². The van der Waals surface area contributed by atoms with Gasteiger partial charge in [0.2, 0.25) is 0 Å². The van der Waals surface area contributed by atoms with Crippen LogP contribution >= 0.6 is 0 Å². The summed E-state index contributed by atoms with van der Waals surface area (Å²) in [6.45, 7) is 2.72. The van der Waals surface area contributed by atoms with Crippen molar-refractivity contribution < 1.29 is 0 Å². The summed E-state index contributed by atoms with van der Waals surface area (Å²) in [5, 5.41) is 0. The molecule has 0 aliphatic carbocycles. The van der Waals surface area contributed by atoms with Crippen molar-refractivity contribution in [3.8, 4) is 0 Å². The first kappa shape index (κ1) is 13.6. The molecule has 0 amide bonds. The summed E-state index contributed by atoms with van der Waals surface area (Å²) in [6, 6.07) is 14.4. The number of anilines is 2. The molecule has 21 heavy (non-hydrogen) atoms. The molecule has 3 aromatic rings. The van der Waals surface area contributed by atoms with Gasteiger partial charge < -0.3 is 15.0 Å². The Balaban J connectivity index is 2.15. The van der Waals surface area contributed by atoms with Crippen molar-refractivity contribution >= 4 is 17.2 Å². The lowest BCUT2D eigenvalue weighted by atomic mass is 10.2. The molecule has 2 heterocycles. The molecule has 0 saturated carbocycles. The fourth-order valence-electron chi connectivity index (χ4n) is 2.73. The Morgan fingerprint density at radius 2 is 1.90 bits per heavy atom. The topological polar surface area (TPSA) is 46.6 Å². The van der Waals surface area contributed by atoms with Gasteiger partial charge in [-0.3, -0.25) is 0 Å². The summed E-state index contributed by atoms with van der Waals surface area (Å²) >= 11 is 0. The number of pyridine rings is 1. The number of aryl methyl sites for hydroxylation is 1. The maximum atomic E-state index is 5.79. The van der Waals surface area contributed by atoms with Crippen LogP contribution in [-0.2, 0) is 6.42 Å². The third-order valence-corrected chi connectivity index (χ3v) is 3.78. The Morgan fingerprint density at radius 3 is 2.67 bits per heavy atom. The highest BCUT2D eigenvalue weighted by Crippen LogP contribution is 2.29. The van der Waals surface area contributed by atoms with Crippen LogP contribution in [0.4, 0.5) is 11.5 Å². The zero-order valence-electron chi connectivity index (χ0n) is 12.5. The lowest BCUT2D eigenvalue weighted by Gasteiger charge is -2.20. The first-order valence-corrected chi connectivity index (χ1v) is 7.17. The predicted octanol–water partition coefficient (Wildman–Crippen LogP) is 2.91. The van der Waals surface area contributed by atoms with E-state index in [1.54, 1.807) is 0 Å². The Hall–Kier alpha value is -2.33. The molecule has 2 aromatic heterocycles. The summed E-state index contributed by atoms with van der Waals surface area (Å²) < 4.78 is 2.12. The second kappa shape index (κ2) is 5.58. The maximum Gasteiger partial charge on any atom is 0.155 e. The molecule has 0 unspecified atom stereocenters. The van der Waals surface area contributed by atoms with Crippen molar-refractivity contribution in [1.82, 2.24) is 9.38 Å². The van der Waals surface area contributed by atoms with Crippen molar-refractivity contribution in [2.75, 3.05) is 18.5 Å². The number of hydrogen-bond donors (Lipinski definition) is 1. The average molecular weight is 280 g/mol. The molecule has 0 radical (unpaired) electrons. The van der Waals surface area contributed by atoms with E-state index in [4.69, 9.17) is 10.7 Å². The molecule has 0 fully saturated rings. The van der Waals surface area contributed by atoms with Gasteiger partial charge in [-0.25, -0.2) is 4.98 Å². The van der Waals surface area contributed by atoms with Crippen molar-refractivity contribution in [2.45, 2.75) is 13.3 Å². The summed E-state index contributed by atoms with van der Waals surface area (Å²) in [6.07, 6.45) is 2.85. The van der Waals surface area contributed by atoms with Gasteiger partial charge in [0.25, 0.3) is 0 Å². The van der Waals surface area contributed by atoms with Gasteiger partial charge in [-0.1, -0.05) is 24.3 Å². The average Bonchev–Trinajstić information content (AvgIpc) is 2.87. The van der Waals surface area contributed by atoms with Crippen LogP contribution in [0, 0.1) is 6.92 Å². The highest BCUT2D eigenvalue weighted by Gasteiger charge is 2.17. The number of para-hydroxylation sites is 1. The second-order valence-electron chi connectivity index (χ2n) is 5.20. The summed E-state index contributed by atoms with van der Waals surface area (Å²) in [5.41, 5.74) is 10.3. The number of benzene rings is 1. The van der Waals surface area contributed by atoms with E-state index in [1.807, 2.05) is 24.4 Å². The molecule has 0 aliphatic rings. The molecule has 1 aromatic carbocycles. The van der Waals surface area contributed by atoms with Crippen molar-refractivity contribution in [3.05, 3.63) is 59.9 Å². The van der Waals surface area contributed by atoms with Crippen molar-refractivity contribution in [3.63, 3.8) is 0 Å². The highest BCUT2D eigenvalue weighted by molar-refractivity contribution is 5.67. The van der Waals surface area contributed by atoms with Crippen molar-refractivity contribution in [1.29, 1.82) is 0 Å². The first-order chi connectivity index (χ1) is 10.2. The van der Waals surface area contributed by atoms with Crippen LogP contribution < -0.4 is 10.6 Å². The molecule has 0 aliphatic heterocycles. The first-order valence-electron chi connectivity index (χ1n) is 7.17. The van der Waals surface area contributed by atoms with E-state index >= 15 is 0 Å². The number of nitrogens with zero attached hydrogens (tertiary/aromatic N) is 3. The van der Waals surface area contributed by atoms with E-state index in [-0.39, 0.29) is 0 Å². The molecule has 0 bridgehead atoms. The quantitative estimate of drug-likeness (QED) is 0.799. The molecular formula is C17H20N4. The normalized spacial score (nSPS) is 11.0. The Labute approximate surface area is 124 Å². The van der Waals surface area contributed by atoms with Crippen LogP contribution in [0.5, 0.6) is 0 Å². The van der Waals surface area contributed by atoms with E-state index < -0.39 is 0 Å². The number of hydrogen-bond acceptors (Lipinski definition) is 3. The Kier molecular flexibility index (Phi) is 3.62. The molecule has 108 valence electrons. The molecule has 0 spiro atoms. The van der Waals surface area contributed by atoms with Gasteiger partial charge in [-0.15, -0.1) is 0 Å². The fraction of sp³-hybridized carbons (Fsp3) is 0.235. The standard InChI is InChI=1S/C17H20N4/c1-13-7-3-4-8-14(13)20(2)17-15(10-11-18)21-12-6-5-9-16(21)19-17/h3-9,12H,10-11,18H2,1-2H3. The zero-order valence-corrected chi connectivity index (χ0v) is 12.5. The van der Waals surface area contributed by atoms with Crippen LogP contribution in [0.1, 0.15) is 11.3 Å². The van der Waals surface area contributed by atoms with Crippen LogP contribution in [0.2, 0.25) is 0 Å². The minimum Gasteiger partial charge on any atom is -0.330 e. The zero-order chi connectivity index (χ0) is 14.8. The van der Waals surface area contributed by atoms with Gasteiger partial charge in [-0.2, -0.15) is 0 Å². The highest BCUT2D eigenvalue weighted by atomic mass is 15.2. The minimum atomic E-state index is 0.608. The third-order valence-electron chi connectivity index (χ3n) is 3.78. The fourth-order valence-corrected chi connectivity index (χ4v) is 2.73. The van der Waals surface area contributed by atoms with Gasteiger partial charge in [0, 0.05) is 25.4 Å². The number of fused-ring (bicyclic) bond motifs is 1. The van der Waals surface area contributed by atoms with E-state index in [1.165, 1.54) is 11.3 Å². The van der Waals surface area contributed by atoms with Gasteiger partial charge in [0.1, 0.15) is 5.65 Å². The van der Waals surface area contributed by atoms with Crippen molar-refractivity contribution in [2.24, 2.45) is 5.73 Å². The molecule has 2 N–H and O–H groups in total. The molecule has 3 rings (SSSR count). The number of aromatic nitrogens is 2. The van der Waals surface area contributed by atoms with Gasteiger partial charge in [0.05, 0.1) is 5.69 Å². The van der Waals surface area contributed by atoms with E-state index in [0.717, 1.165) is 23.6 Å². The number of rotatable bonds is 4. The largest absolute Gasteiger partial charge is 0.330 e. The number of nitrogens with two attached hydrogens (primary N) is 1. The second-order valence-corrected chi connectivity index (χ2v) is 5.20. The summed E-state index contributed by atoms with van der Waals surface area (Å²) in [4.78, 5) is 6.93. The molecule has 4 heteroatoms. The van der Waals surface area contributed by atoms with E-state index in [9.17, 15) is 0 Å². The van der Waals surface area contributed by atoms with E-state index in [2.05, 4.69) is 47.5 Å². The molecule has 0 atom stereocenters. The Bertz CT molecular complexity index is 760. The summed E-state index contributed by atoms with van der Waals surface area (Å²) in [7, 11) is 2.06. The maximum absolute atomic E-state index is 5.79. The van der Waals surface area contributed by atoms with Crippen LogP contribution in [0.15, 0.2) is 48.7 Å². The minimum absolute atomic E-state index is 0.608. The van der Waals surface area contributed by atoms with Crippen LogP contribution in [-0.4, -0.2) is 23.0 Å². The summed E-state index contributed by atoms with van der Waals surface area (Å²) in [5.74, 6) is 0.973. The van der Waals surface area contributed by atoms with Crippen LogP contribution in [0.25, 0.3) is 5.65 Å².